The lowest BCUT2D eigenvalue weighted by Gasteiger charge is -2.46. The van der Waals surface area contributed by atoms with Crippen LogP contribution in [0.25, 0.3) is 0 Å². The van der Waals surface area contributed by atoms with Crippen molar-refractivity contribution >= 4 is 0 Å². The monoisotopic (exact) mass is 189 g/mol. The van der Waals surface area contributed by atoms with Gasteiger partial charge in [-0.3, -0.25) is 4.90 Å². The van der Waals surface area contributed by atoms with E-state index < -0.39 is 24.0 Å². The second-order valence-corrected chi connectivity index (χ2v) is 4.02. The molecule has 2 aliphatic heterocycles. The minimum atomic E-state index is -1.36. The fraction of sp³-hybridized carbons (Fsp3) is 1.00. The Morgan fingerprint density at radius 3 is 2.46 bits per heavy atom. The van der Waals surface area contributed by atoms with E-state index in [1.54, 1.807) is 11.9 Å². The summed E-state index contributed by atoms with van der Waals surface area (Å²) < 4.78 is 0. The maximum absolute atomic E-state index is 9.95. The number of hydrogen-bond acceptors (Lipinski definition) is 5. The van der Waals surface area contributed by atoms with Gasteiger partial charge in [-0.1, -0.05) is 0 Å². The van der Waals surface area contributed by atoms with Crippen LogP contribution in [0.1, 0.15) is 12.8 Å². The van der Waals surface area contributed by atoms with E-state index in [0.29, 0.717) is 12.8 Å². The van der Waals surface area contributed by atoms with Gasteiger partial charge in [-0.25, -0.2) is 0 Å². The van der Waals surface area contributed by atoms with E-state index >= 15 is 0 Å². The van der Waals surface area contributed by atoms with E-state index in [9.17, 15) is 20.4 Å². The van der Waals surface area contributed by atoms with Crippen molar-refractivity contribution < 1.29 is 20.4 Å². The third-order valence-electron chi connectivity index (χ3n) is 3.46. The van der Waals surface area contributed by atoms with E-state index in [-0.39, 0.29) is 6.04 Å². The Bertz CT molecular complexity index is 222. The normalized spacial score (nSPS) is 57.0. The molecule has 0 saturated carbocycles. The van der Waals surface area contributed by atoms with Gasteiger partial charge in [0.15, 0.2) is 0 Å². The molecule has 5 heteroatoms. The van der Waals surface area contributed by atoms with Gasteiger partial charge in [-0.2, -0.15) is 0 Å². The van der Waals surface area contributed by atoms with Crippen LogP contribution in [-0.4, -0.2) is 62.5 Å². The molecule has 4 N–H and O–H groups in total. The molecule has 5 nitrogen and oxygen atoms in total. The van der Waals surface area contributed by atoms with E-state index in [1.807, 2.05) is 0 Å². The van der Waals surface area contributed by atoms with Gasteiger partial charge in [-0.05, 0) is 19.9 Å². The molecule has 2 bridgehead atoms. The summed E-state index contributed by atoms with van der Waals surface area (Å²) in [5.41, 5.74) is -1.36. The predicted octanol–water partition coefficient (Wildman–Crippen LogP) is -2.13. The van der Waals surface area contributed by atoms with Crippen LogP contribution in [0.2, 0.25) is 0 Å². The summed E-state index contributed by atoms with van der Waals surface area (Å²) in [7, 11) is 1.65. The van der Waals surface area contributed by atoms with Gasteiger partial charge < -0.3 is 20.4 Å². The van der Waals surface area contributed by atoms with Crippen LogP contribution in [0.4, 0.5) is 0 Å². The largest absolute Gasteiger partial charge is 0.389 e. The van der Waals surface area contributed by atoms with Crippen LogP contribution in [0, 0.1) is 0 Å². The Morgan fingerprint density at radius 2 is 1.85 bits per heavy atom. The number of piperidine rings is 1. The molecular weight excluding hydrogens is 174 g/mol. The molecule has 13 heavy (non-hydrogen) atoms. The SMILES string of the molecule is CN1[C@H]2CC[C@@]1(O)[C@@H](O)[C@H](O)[C@H]2O. The molecule has 2 aliphatic rings. The van der Waals surface area contributed by atoms with Crippen LogP contribution in [0.5, 0.6) is 0 Å². The van der Waals surface area contributed by atoms with Crippen LogP contribution < -0.4 is 0 Å². The van der Waals surface area contributed by atoms with Crippen molar-refractivity contribution in [3.05, 3.63) is 0 Å². The zero-order valence-electron chi connectivity index (χ0n) is 7.46. The third kappa shape index (κ3) is 0.992. The fourth-order valence-electron chi connectivity index (χ4n) is 2.46. The molecule has 2 rings (SSSR count). The molecule has 76 valence electrons. The topological polar surface area (TPSA) is 84.2 Å². The number of likely N-dealkylation sites (N-methyl/N-ethyl adjacent to an activating group) is 1. The van der Waals surface area contributed by atoms with E-state index in [0.717, 1.165) is 0 Å². The predicted molar refractivity (Wildman–Crippen MR) is 43.8 cm³/mol. The van der Waals surface area contributed by atoms with Gasteiger partial charge in [0.05, 0.1) is 6.10 Å². The van der Waals surface area contributed by atoms with E-state index in [1.165, 1.54) is 0 Å². The Hall–Kier alpha value is -0.200. The van der Waals surface area contributed by atoms with E-state index in [4.69, 9.17) is 0 Å². The Labute approximate surface area is 76.2 Å². The summed E-state index contributed by atoms with van der Waals surface area (Å²) >= 11 is 0. The lowest BCUT2D eigenvalue weighted by Crippen LogP contribution is -2.67. The maximum Gasteiger partial charge on any atom is 0.147 e. The summed E-state index contributed by atoms with van der Waals surface area (Å²) in [6.45, 7) is 0. The molecule has 2 saturated heterocycles. The standard InChI is InChI=1S/C8H15NO4/c1-9-4-2-3-8(9,13)7(12)6(11)5(4)10/h4-7,10-13H,2-3H2,1H3/t4-,5-,6+,7-,8+/m0/s1. The maximum atomic E-state index is 9.95. The average Bonchev–Trinajstić information content (AvgIpc) is 2.37. The highest BCUT2D eigenvalue weighted by Crippen LogP contribution is 2.41. The molecule has 0 aromatic carbocycles. The first-order valence-electron chi connectivity index (χ1n) is 4.48. The summed E-state index contributed by atoms with van der Waals surface area (Å²) in [4.78, 5) is 1.55. The van der Waals surface area contributed by atoms with Crippen molar-refractivity contribution in [1.82, 2.24) is 4.90 Å². The van der Waals surface area contributed by atoms with Crippen LogP contribution >= 0.6 is 0 Å². The van der Waals surface area contributed by atoms with Crippen LogP contribution in [0.15, 0.2) is 0 Å². The fourth-order valence-corrected chi connectivity index (χ4v) is 2.46. The molecule has 2 heterocycles. The van der Waals surface area contributed by atoms with Gasteiger partial charge in [-0.15, -0.1) is 0 Å². The highest BCUT2D eigenvalue weighted by atomic mass is 16.4. The van der Waals surface area contributed by atoms with Crippen molar-refractivity contribution in [1.29, 1.82) is 0 Å². The number of nitrogens with zero attached hydrogens (tertiary/aromatic N) is 1. The quantitative estimate of drug-likeness (QED) is 0.350. The molecule has 0 amide bonds. The van der Waals surface area contributed by atoms with Gasteiger partial charge in [0.25, 0.3) is 0 Å². The van der Waals surface area contributed by atoms with Crippen LogP contribution in [0.3, 0.4) is 0 Å². The lowest BCUT2D eigenvalue weighted by molar-refractivity contribution is -0.243. The van der Waals surface area contributed by atoms with Gasteiger partial charge in [0, 0.05) is 6.04 Å². The number of aliphatic hydroxyl groups excluding tert-OH is 3. The Morgan fingerprint density at radius 1 is 1.23 bits per heavy atom. The molecule has 0 radical (unpaired) electrons. The molecular formula is C8H15NO4. The van der Waals surface area contributed by atoms with Crippen molar-refractivity contribution in [3.63, 3.8) is 0 Å². The Kier molecular flexibility index (Phi) is 1.91. The van der Waals surface area contributed by atoms with Gasteiger partial charge >= 0.3 is 0 Å². The minimum Gasteiger partial charge on any atom is -0.389 e. The molecule has 0 unspecified atom stereocenters. The molecule has 0 spiro atoms. The summed E-state index contributed by atoms with van der Waals surface area (Å²) in [5.74, 6) is 0. The first kappa shape index (κ1) is 9.36. The van der Waals surface area contributed by atoms with Crippen molar-refractivity contribution in [3.8, 4) is 0 Å². The lowest BCUT2D eigenvalue weighted by atomic mass is 9.92. The van der Waals surface area contributed by atoms with Crippen molar-refractivity contribution in [2.24, 2.45) is 0 Å². The third-order valence-corrected chi connectivity index (χ3v) is 3.46. The second kappa shape index (κ2) is 2.65. The van der Waals surface area contributed by atoms with E-state index in [2.05, 4.69) is 0 Å². The first-order valence-corrected chi connectivity index (χ1v) is 4.48. The molecule has 5 atom stereocenters. The summed E-state index contributed by atoms with van der Waals surface area (Å²) in [6.07, 6.45) is -2.51. The average molecular weight is 189 g/mol. The molecule has 2 fully saturated rings. The summed E-state index contributed by atoms with van der Waals surface area (Å²) in [6, 6.07) is -0.247. The van der Waals surface area contributed by atoms with Crippen LogP contribution in [-0.2, 0) is 0 Å². The smallest absolute Gasteiger partial charge is 0.147 e. The number of rotatable bonds is 0. The summed E-state index contributed by atoms with van der Waals surface area (Å²) in [5, 5.41) is 38.5. The minimum absolute atomic E-state index is 0.247. The number of aliphatic hydroxyl groups is 4. The highest BCUT2D eigenvalue weighted by molar-refractivity contribution is 5.08. The van der Waals surface area contributed by atoms with Gasteiger partial charge in [0.1, 0.15) is 17.9 Å². The number of fused-ring (bicyclic) bond motifs is 2. The second-order valence-electron chi connectivity index (χ2n) is 4.02. The van der Waals surface area contributed by atoms with Gasteiger partial charge in [0.2, 0.25) is 0 Å². The zero-order valence-corrected chi connectivity index (χ0v) is 7.46. The zero-order chi connectivity index (χ0) is 9.80. The molecule has 0 aliphatic carbocycles. The Balaban J connectivity index is 2.34. The molecule has 0 aromatic heterocycles. The highest BCUT2D eigenvalue weighted by Gasteiger charge is 2.58. The van der Waals surface area contributed by atoms with Crippen molar-refractivity contribution in [2.75, 3.05) is 7.05 Å². The van der Waals surface area contributed by atoms with Crippen molar-refractivity contribution in [2.45, 2.75) is 42.9 Å². The number of hydrogen-bond donors (Lipinski definition) is 4. The molecule has 0 aromatic rings. The first-order chi connectivity index (χ1) is 5.98.